The molecule has 0 atom stereocenters. The van der Waals surface area contributed by atoms with Crippen molar-refractivity contribution in [3.63, 3.8) is 0 Å². The topological polar surface area (TPSA) is 54.0 Å². The Morgan fingerprint density at radius 1 is 0.917 bits per heavy atom. The molecule has 0 unspecified atom stereocenters. The molecule has 0 saturated carbocycles. The average molecular weight is 325 g/mol. The van der Waals surface area contributed by atoms with Gasteiger partial charge in [-0.2, -0.15) is 0 Å². The SMILES string of the molecule is CC(C)(C)Nc1cncc(C(=O)Nc2ccc(C(C)(C)C)cc2)c1. The molecule has 0 bridgehead atoms. The molecule has 4 heteroatoms. The van der Waals surface area contributed by atoms with Crippen molar-refractivity contribution in [3.05, 3.63) is 53.9 Å². The molecule has 1 aromatic carbocycles. The normalized spacial score (nSPS) is 11.9. The molecule has 0 aliphatic heterocycles. The highest BCUT2D eigenvalue weighted by molar-refractivity contribution is 6.04. The maximum absolute atomic E-state index is 12.4. The Labute approximate surface area is 144 Å². The third kappa shape index (κ3) is 5.08. The first kappa shape index (κ1) is 18.0. The summed E-state index contributed by atoms with van der Waals surface area (Å²) in [5.41, 5.74) is 3.39. The molecule has 2 aromatic rings. The van der Waals surface area contributed by atoms with Gasteiger partial charge in [0.15, 0.2) is 0 Å². The largest absolute Gasteiger partial charge is 0.379 e. The highest BCUT2D eigenvalue weighted by Crippen LogP contribution is 2.24. The van der Waals surface area contributed by atoms with Gasteiger partial charge in [0, 0.05) is 23.6 Å². The van der Waals surface area contributed by atoms with Crippen LogP contribution < -0.4 is 10.6 Å². The Kier molecular flexibility index (Phi) is 4.97. The zero-order valence-electron chi connectivity index (χ0n) is 15.4. The number of amides is 1. The predicted octanol–water partition coefficient (Wildman–Crippen LogP) is 4.84. The second-order valence-electron chi connectivity index (χ2n) is 8.12. The summed E-state index contributed by atoms with van der Waals surface area (Å²) in [5, 5.41) is 6.24. The van der Waals surface area contributed by atoms with E-state index < -0.39 is 0 Å². The molecule has 24 heavy (non-hydrogen) atoms. The number of benzene rings is 1. The summed E-state index contributed by atoms with van der Waals surface area (Å²) in [6.07, 6.45) is 3.30. The molecule has 2 N–H and O–H groups in total. The van der Waals surface area contributed by atoms with E-state index in [1.807, 2.05) is 30.3 Å². The molecule has 1 heterocycles. The number of carbonyl (C=O) groups is 1. The molecule has 2 rings (SSSR count). The smallest absolute Gasteiger partial charge is 0.257 e. The summed E-state index contributed by atoms with van der Waals surface area (Å²) in [6, 6.07) is 9.78. The summed E-state index contributed by atoms with van der Waals surface area (Å²) in [6.45, 7) is 12.7. The lowest BCUT2D eigenvalue weighted by Crippen LogP contribution is -2.26. The lowest BCUT2D eigenvalue weighted by molar-refractivity contribution is 0.102. The van der Waals surface area contributed by atoms with Crippen molar-refractivity contribution >= 4 is 17.3 Å². The van der Waals surface area contributed by atoms with E-state index in [1.165, 1.54) is 5.56 Å². The van der Waals surface area contributed by atoms with Crippen LogP contribution in [0.15, 0.2) is 42.7 Å². The molecule has 0 spiro atoms. The highest BCUT2D eigenvalue weighted by Gasteiger charge is 2.14. The third-order valence-corrected chi connectivity index (χ3v) is 3.53. The van der Waals surface area contributed by atoms with E-state index in [9.17, 15) is 4.79 Å². The quantitative estimate of drug-likeness (QED) is 0.849. The minimum atomic E-state index is -0.163. The average Bonchev–Trinajstić information content (AvgIpc) is 2.45. The van der Waals surface area contributed by atoms with Gasteiger partial charge in [-0.1, -0.05) is 32.9 Å². The summed E-state index contributed by atoms with van der Waals surface area (Å²) in [7, 11) is 0. The number of pyridine rings is 1. The lowest BCUT2D eigenvalue weighted by Gasteiger charge is -2.22. The van der Waals surface area contributed by atoms with Crippen molar-refractivity contribution in [3.8, 4) is 0 Å². The highest BCUT2D eigenvalue weighted by atomic mass is 16.1. The molecule has 128 valence electrons. The molecule has 0 aliphatic rings. The van der Waals surface area contributed by atoms with E-state index in [0.717, 1.165) is 11.4 Å². The lowest BCUT2D eigenvalue weighted by atomic mass is 9.87. The Hall–Kier alpha value is -2.36. The van der Waals surface area contributed by atoms with Crippen molar-refractivity contribution in [1.82, 2.24) is 4.98 Å². The second kappa shape index (κ2) is 6.63. The number of carbonyl (C=O) groups excluding carboxylic acids is 1. The van der Waals surface area contributed by atoms with E-state index in [1.54, 1.807) is 12.4 Å². The fourth-order valence-corrected chi connectivity index (χ4v) is 2.32. The van der Waals surface area contributed by atoms with Gasteiger partial charge in [0.05, 0.1) is 11.3 Å². The number of hydrogen-bond acceptors (Lipinski definition) is 3. The fourth-order valence-electron chi connectivity index (χ4n) is 2.32. The zero-order valence-corrected chi connectivity index (χ0v) is 15.4. The van der Waals surface area contributed by atoms with Crippen molar-refractivity contribution in [2.45, 2.75) is 52.5 Å². The predicted molar refractivity (Wildman–Crippen MR) is 101 cm³/mol. The molecule has 1 aromatic heterocycles. The van der Waals surface area contributed by atoms with Gasteiger partial charge in [0.25, 0.3) is 5.91 Å². The van der Waals surface area contributed by atoms with E-state index in [0.29, 0.717) is 5.56 Å². The van der Waals surface area contributed by atoms with E-state index in [4.69, 9.17) is 0 Å². The van der Waals surface area contributed by atoms with Crippen molar-refractivity contribution in [2.24, 2.45) is 0 Å². The number of nitrogens with one attached hydrogen (secondary N) is 2. The van der Waals surface area contributed by atoms with E-state index in [-0.39, 0.29) is 16.9 Å². The molecular formula is C20H27N3O. The standard InChI is InChI=1S/C20H27N3O/c1-19(2,3)15-7-9-16(10-8-15)22-18(24)14-11-17(13-21-12-14)23-20(4,5)6/h7-13,23H,1-6H3,(H,22,24). The summed E-state index contributed by atoms with van der Waals surface area (Å²) < 4.78 is 0. The van der Waals surface area contributed by atoms with Crippen LogP contribution in [0.5, 0.6) is 0 Å². The van der Waals surface area contributed by atoms with Crippen LogP contribution in [0.25, 0.3) is 0 Å². The first-order valence-electron chi connectivity index (χ1n) is 8.20. The maximum Gasteiger partial charge on any atom is 0.257 e. The minimum Gasteiger partial charge on any atom is -0.379 e. The molecule has 0 fully saturated rings. The summed E-state index contributed by atoms with van der Waals surface area (Å²) >= 11 is 0. The monoisotopic (exact) mass is 325 g/mol. The Bertz CT molecular complexity index is 707. The minimum absolute atomic E-state index is 0.0838. The zero-order chi connectivity index (χ0) is 18.0. The number of aromatic nitrogens is 1. The molecule has 0 radical (unpaired) electrons. The molecular weight excluding hydrogens is 298 g/mol. The maximum atomic E-state index is 12.4. The van der Waals surface area contributed by atoms with Gasteiger partial charge in [-0.3, -0.25) is 9.78 Å². The van der Waals surface area contributed by atoms with Crippen LogP contribution in [-0.2, 0) is 5.41 Å². The van der Waals surface area contributed by atoms with Gasteiger partial charge in [-0.25, -0.2) is 0 Å². The van der Waals surface area contributed by atoms with E-state index in [2.05, 4.69) is 57.2 Å². The third-order valence-electron chi connectivity index (χ3n) is 3.53. The van der Waals surface area contributed by atoms with Gasteiger partial charge in [0.1, 0.15) is 0 Å². The summed E-state index contributed by atoms with van der Waals surface area (Å²) in [5.74, 6) is -0.163. The number of anilines is 2. The van der Waals surface area contributed by atoms with Gasteiger partial charge in [0.2, 0.25) is 0 Å². The summed E-state index contributed by atoms with van der Waals surface area (Å²) in [4.78, 5) is 16.6. The van der Waals surface area contributed by atoms with Crippen LogP contribution in [-0.4, -0.2) is 16.4 Å². The second-order valence-corrected chi connectivity index (χ2v) is 8.12. The molecule has 0 aliphatic carbocycles. The first-order chi connectivity index (χ1) is 11.0. The van der Waals surface area contributed by atoms with Crippen LogP contribution in [0.1, 0.15) is 57.5 Å². The number of hydrogen-bond donors (Lipinski definition) is 2. The van der Waals surface area contributed by atoms with Crippen molar-refractivity contribution in [1.29, 1.82) is 0 Å². The fraction of sp³-hybridized carbons (Fsp3) is 0.400. The van der Waals surface area contributed by atoms with Gasteiger partial charge >= 0.3 is 0 Å². The molecule has 4 nitrogen and oxygen atoms in total. The molecule has 0 saturated heterocycles. The number of rotatable bonds is 3. The Morgan fingerprint density at radius 2 is 1.54 bits per heavy atom. The first-order valence-corrected chi connectivity index (χ1v) is 8.20. The Balaban J connectivity index is 2.11. The van der Waals surface area contributed by atoms with Crippen LogP contribution in [0.4, 0.5) is 11.4 Å². The van der Waals surface area contributed by atoms with E-state index >= 15 is 0 Å². The van der Waals surface area contributed by atoms with Crippen LogP contribution in [0.3, 0.4) is 0 Å². The number of nitrogens with zero attached hydrogens (tertiary/aromatic N) is 1. The van der Waals surface area contributed by atoms with Gasteiger partial charge in [-0.05, 0) is 49.9 Å². The van der Waals surface area contributed by atoms with Gasteiger partial charge in [-0.15, -0.1) is 0 Å². The molecule has 1 amide bonds. The van der Waals surface area contributed by atoms with Crippen LogP contribution >= 0.6 is 0 Å². The van der Waals surface area contributed by atoms with Crippen LogP contribution in [0.2, 0.25) is 0 Å². The van der Waals surface area contributed by atoms with Crippen molar-refractivity contribution < 1.29 is 4.79 Å². The Morgan fingerprint density at radius 3 is 2.08 bits per heavy atom. The van der Waals surface area contributed by atoms with Crippen LogP contribution in [0, 0.1) is 0 Å². The van der Waals surface area contributed by atoms with Gasteiger partial charge < -0.3 is 10.6 Å². The van der Waals surface area contributed by atoms with Crippen molar-refractivity contribution in [2.75, 3.05) is 10.6 Å².